The van der Waals surface area contributed by atoms with Gasteiger partial charge in [-0.1, -0.05) is 13.0 Å². The summed E-state index contributed by atoms with van der Waals surface area (Å²) < 4.78 is 1.31. The Kier molecular flexibility index (Phi) is 4.81. The fourth-order valence-corrected chi connectivity index (χ4v) is 4.08. The van der Waals surface area contributed by atoms with Crippen molar-refractivity contribution in [3.05, 3.63) is 28.8 Å². The molecule has 2 aromatic rings. The molecule has 0 spiro atoms. The van der Waals surface area contributed by atoms with Gasteiger partial charge in [-0.2, -0.15) is 0 Å². The van der Waals surface area contributed by atoms with Crippen molar-refractivity contribution in [3.63, 3.8) is 0 Å². The van der Waals surface area contributed by atoms with E-state index in [2.05, 4.69) is 56.4 Å². The van der Waals surface area contributed by atoms with E-state index in [1.807, 2.05) is 11.3 Å². The zero-order valence-electron chi connectivity index (χ0n) is 14.1. The van der Waals surface area contributed by atoms with Crippen LogP contribution in [0.5, 0.6) is 0 Å². The molecule has 1 aliphatic heterocycles. The number of nitrogens with one attached hydrogen (secondary N) is 1. The van der Waals surface area contributed by atoms with Gasteiger partial charge in [0.1, 0.15) is 0 Å². The van der Waals surface area contributed by atoms with Crippen LogP contribution in [0, 0.1) is 5.92 Å². The molecule has 1 aromatic heterocycles. The molecule has 3 atom stereocenters. The van der Waals surface area contributed by atoms with Gasteiger partial charge in [0, 0.05) is 18.5 Å². The highest BCUT2D eigenvalue weighted by Gasteiger charge is 2.19. The lowest BCUT2D eigenvalue weighted by Crippen LogP contribution is -2.31. The Balaban J connectivity index is 1.78. The van der Waals surface area contributed by atoms with E-state index in [0.29, 0.717) is 12.1 Å². The predicted octanol–water partition coefficient (Wildman–Crippen LogP) is 3.85. The minimum atomic E-state index is 0.506. The second-order valence-corrected chi connectivity index (χ2v) is 8.11. The summed E-state index contributed by atoms with van der Waals surface area (Å²) >= 11 is 1.84. The van der Waals surface area contributed by atoms with E-state index in [-0.39, 0.29) is 0 Å². The monoisotopic (exact) mass is 317 g/mol. The summed E-state index contributed by atoms with van der Waals surface area (Å²) in [7, 11) is 4.26. The van der Waals surface area contributed by atoms with E-state index in [4.69, 9.17) is 4.98 Å². The van der Waals surface area contributed by atoms with Crippen LogP contribution in [-0.4, -0.2) is 36.6 Å². The average molecular weight is 318 g/mol. The standard InChI is InChI=1S/C18H27N3S/c1-12-5-7-15(19-11-12)14-6-8-17-16(10-14)20-18(22-17)9-13(2)21(3)4/h6,8,10,12-13,15,19H,5,7,9,11H2,1-4H3/t12-,13?,15+/m0/s1. The highest BCUT2D eigenvalue weighted by atomic mass is 32.1. The SMILES string of the molecule is CC(Cc1nc2cc([C@H]3CC[C@H](C)CN3)ccc2s1)N(C)C. The molecular weight excluding hydrogens is 290 g/mol. The number of aromatic nitrogens is 1. The first-order valence-corrected chi connectivity index (χ1v) is 9.13. The molecule has 0 saturated carbocycles. The molecule has 1 aliphatic rings. The molecule has 1 N–H and O–H groups in total. The third-order valence-corrected chi connectivity index (χ3v) is 5.93. The van der Waals surface area contributed by atoms with E-state index in [9.17, 15) is 0 Å². The molecule has 4 heteroatoms. The van der Waals surface area contributed by atoms with Crippen molar-refractivity contribution in [2.24, 2.45) is 5.92 Å². The summed E-state index contributed by atoms with van der Waals surface area (Å²) in [5.41, 5.74) is 2.57. The Hall–Kier alpha value is -0.970. The first kappa shape index (κ1) is 15.9. The minimum absolute atomic E-state index is 0.506. The van der Waals surface area contributed by atoms with Crippen molar-refractivity contribution >= 4 is 21.6 Å². The van der Waals surface area contributed by atoms with Crippen LogP contribution in [0.2, 0.25) is 0 Å². The molecule has 1 saturated heterocycles. The quantitative estimate of drug-likeness (QED) is 0.928. The van der Waals surface area contributed by atoms with Crippen molar-refractivity contribution in [3.8, 4) is 0 Å². The third-order valence-electron chi connectivity index (χ3n) is 4.87. The van der Waals surface area contributed by atoms with Gasteiger partial charge in [-0.05, 0) is 64.0 Å². The van der Waals surface area contributed by atoms with Crippen LogP contribution in [0.25, 0.3) is 10.2 Å². The smallest absolute Gasteiger partial charge is 0.0954 e. The average Bonchev–Trinajstić information content (AvgIpc) is 2.89. The molecule has 0 aliphatic carbocycles. The van der Waals surface area contributed by atoms with Gasteiger partial charge in [0.05, 0.1) is 15.2 Å². The molecule has 22 heavy (non-hydrogen) atoms. The Morgan fingerprint density at radius 1 is 1.36 bits per heavy atom. The Morgan fingerprint density at radius 3 is 2.86 bits per heavy atom. The number of likely N-dealkylation sites (N-methyl/N-ethyl adjacent to an activating group) is 1. The molecule has 120 valence electrons. The number of fused-ring (bicyclic) bond motifs is 1. The van der Waals surface area contributed by atoms with Crippen LogP contribution in [0.3, 0.4) is 0 Å². The van der Waals surface area contributed by atoms with Gasteiger partial charge >= 0.3 is 0 Å². The topological polar surface area (TPSA) is 28.2 Å². The summed E-state index contributed by atoms with van der Waals surface area (Å²) in [4.78, 5) is 7.12. The van der Waals surface area contributed by atoms with Gasteiger partial charge in [-0.3, -0.25) is 0 Å². The minimum Gasteiger partial charge on any atom is -0.310 e. The fraction of sp³-hybridized carbons (Fsp3) is 0.611. The van der Waals surface area contributed by atoms with Crippen molar-refractivity contribution < 1.29 is 0 Å². The van der Waals surface area contributed by atoms with Crippen LogP contribution in [0.4, 0.5) is 0 Å². The van der Waals surface area contributed by atoms with Crippen LogP contribution < -0.4 is 5.32 Å². The van der Waals surface area contributed by atoms with Crippen LogP contribution in [0.1, 0.15) is 43.3 Å². The maximum atomic E-state index is 4.87. The Bertz CT molecular complexity index is 626. The van der Waals surface area contributed by atoms with E-state index in [1.165, 1.54) is 33.6 Å². The predicted molar refractivity (Wildman–Crippen MR) is 95.6 cm³/mol. The second kappa shape index (κ2) is 6.65. The molecule has 1 aromatic carbocycles. The van der Waals surface area contributed by atoms with Crippen LogP contribution >= 0.6 is 11.3 Å². The van der Waals surface area contributed by atoms with E-state index in [1.54, 1.807) is 0 Å². The highest BCUT2D eigenvalue weighted by Crippen LogP contribution is 2.30. The molecule has 0 bridgehead atoms. The lowest BCUT2D eigenvalue weighted by molar-refractivity contribution is 0.312. The highest BCUT2D eigenvalue weighted by molar-refractivity contribution is 7.18. The fourth-order valence-electron chi connectivity index (χ4n) is 3.01. The molecule has 3 nitrogen and oxygen atoms in total. The Labute approximate surface area is 137 Å². The number of benzene rings is 1. The molecule has 0 radical (unpaired) electrons. The van der Waals surface area contributed by atoms with Gasteiger partial charge in [-0.15, -0.1) is 11.3 Å². The number of nitrogens with zero attached hydrogens (tertiary/aromatic N) is 2. The maximum Gasteiger partial charge on any atom is 0.0954 e. The summed E-state index contributed by atoms with van der Waals surface area (Å²) in [5, 5.41) is 4.92. The zero-order chi connectivity index (χ0) is 15.7. The molecule has 0 amide bonds. The number of piperidine rings is 1. The van der Waals surface area contributed by atoms with Gasteiger partial charge in [0.2, 0.25) is 0 Å². The summed E-state index contributed by atoms with van der Waals surface area (Å²) in [6.45, 7) is 5.71. The molecule has 3 rings (SSSR count). The Morgan fingerprint density at radius 2 is 2.18 bits per heavy atom. The normalized spacial score (nSPS) is 24.0. The third kappa shape index (κ3) is 3.50. The number of rotatable bonds is 4. The largest absolute Gasteiger partial charge is 0.310 e. The van der Waals surface area contributed by atoms with Gasteiger partial charge < -0.3 is 10.2 Å². The lowest BCUT2D eigenvalue weighted by Gasteiger charge is -2.28. The van der Waals surface area contributed by atoms with Crippen molar-refractivity contribution in [1.29, 1.82) is 0 Å². The first-order valence-electron chi connectivity index (χ1n) is 8.32. The van der Waals surface area contributed by atoms with Gasteiger partial charge in [0.15, 0.2) is 0 Å². The molecule has 1 fully saturated rings. The molecule has 1 unspecified atom stereocenters. The van der Waals surface area contributed by atoms with Crippen molar-refractivity contribution in [1.82, 2.24) is 15.2 Å². The van der Waals surface area contributed by atoms with Crippen molar-refractivity contribution in [2.75, 3.05) is 20.6 Å². The number of hydrogen-bond acceptors (Lipinski definition) is 4. The van der Waals surface area contributed by atoms with E-state index >= 15 is 0 Å². The number of hydrogen-bond donors (Lipinski definition) is 1. The van der Waals surface area contributed by atoms with Gasteiger partial charge in [0.25, 0.3) is 0 Å². The first-order chi connectivity index (χ1) is 10.5. The summed E-state index contributed by atoms with van der Waals surface area (Å²) in [5.74, 6) is 0.804. The van der Waals surface area contributed by atoms with Crippen LogP contribution in [-0.2, 0) is 6.42 Å². The van der Waals surface area contributed by atoms with Gasteiger partial charge in [-0.25, -0.2) is 4.98 Å². The summed E-state index contributed by atoms with van der Waals surface area (Å²) in [6, 6.07) is 7.87. The van der Waals surface area contributed by atoms with Crippen molar-refractivity contribution in [2.45, 2.75) is 45.2 Å². The van der Waals surface area contributed by atoms with Crippen LogP contribution in [0.15, 0.2) is 18.2 Å². The van der Waals surface area contributed by atoms with E-state index in [0.717, 1.165) is 18.9 Å². The lowest BCUT2D eigenvalue weighted by atomic mass is 9.92. The van der Waals surface area contributed by atoms with E-state index < -0.39 is 0 Å². The molecule has 2 heterocycles. The zero-order valence-corrected chi connectivity index (χ0v) is 14.9. The second-order valence-electron chi connectivity index (χ2n) is 6.99. The molecular formula is C18H27N3S. The summed E-state index contributed by atoms with van der Waals surface area (Å²) in [6.07, 6.45) is 3.58. The maximum absolute atomic E-state index is 4.87. The number of thiazole rings is 1.